The summed E-state index contributed by atoms with van der Waals surface area (Å²) >= 11 is 1.33. The standard InChI is InChI=1S/C23H27N3O2S/c1-6-11-25-16(4)12-19(17(25)5)21(27)14-29-23-24-20-10-8-7-9-18(20)22(28)26(23)13-15(2)3/h6-10,12,15H,1,11,13-14H2,2-5H3. The van der Waals surface area contributed by atoms with Crippen molar-refractivity contribution in [1.82, 2.24) is 14.1 Å². The first kappa shape index (κ1) is 21.1. The van der Waals surface area contributed by atoms with Gasteiger partial charge in [0.1, 0.15) is 0 Å². The Morgan fingerprint density at radius 3 is 2.66 bits per heavy atom. The van der Waals surface area contributed by atoms with Crippen LogP contribution < -0.4 is 5.56 Å². The third kappa shape index (κ3) is 4.37. The van der Waals surface area contributed by atoms with Crippen molar-refractivity contribution < 1.29 is 4.79 Å². The summed E-state index contributed by atoms with van der Waals surface area (Å²) in [5, 5.41) is 1.20. The highest BCUT2D eigenvalue weighted by atomic mass is 32.2. The molecule has 3 aromatic rings. The number of nitrogens with zero attached hydrogens (tertiary/aromatic N) is 3. The minimum Gasteiger partial charge on any atom is -0.345 e. The van der Waals surface area contributed by atoms with Crippen molar-refractivity contribution in [3.63, 3.8) is 0 Å². The molecule has 0 amide bonds. The largest absolute Gasteiger partial charge is 0.345 e. The van der Waals surface area contributed by atoms with Crippen LogP contribution in [0.1, 0.15) is 35.6 Å². The number of para-hydroxylation sites is 1. The molecule has 0 aliphatic rings. The average molecular weight is 410 g/mol. The summed E-state index contributed by atoms with van der Waals surface area (Å²) in [6.07, 6.45) is 1.83. The van der Waals surface area contributed by atoms with Gasteiger partial charge in [-0.3, -0.25) is 14.2 Å². The number of Topliss-reactive ketones (excluding diaryl/α,β-unsaturated/α-hetero) is 1. The Morgan fingerprint density at radius 2 is 1.97 bits per heavy atom. The molecule has 0 N–H and O–H groups in total. The molecule has 0 unspecified atom stereocenters. The number of allylic oxidation sites excluding steroid dienone is 1. The Balaban J connectivity index is 1.92. The molecular weight excluding hydrogens is 382 g/mol. The molecule has 0 spiro atoms. The lowest BCUT2D eigenvalue weighted by molar-refractivity contribution is 0.102. The lowest BCUT2D eigenvalue weighted by Crippen LogP contribution is -2.25. The molecule has 0 aliphatic carbocycles. The predicted octanol–water partition coefficient (Wildman–Crippen LogP) is 4.63. The molecule has 0 radical (unpaired) electrons. The molecule has 2 heterocycles. The molecule has 3 rings (SSSR count). The van der Waals surface area contributed by atoms with Crippen molar-refractivity contribution in [3.8, 4) is 0 Å². The summed E-state index contributed by atoms with van der Waals surface area (Å²) in [5.74, 6) is 0.571. The first-order chi connectivity index (χ1) is 13.8. The normalized spacial score (nSPS) is 11.3. The molecule has 0 atom stereocenters. The van der Waals surface area contributed by atoms with Crippen LogP contribution in [0, 0.1) is 19.8 Å². The van der Waals surface area contributed by atoms with Crippen LogP contribution in [0.5, 0.6) is 0 Å². The molecule has 5 nitrogen and oxygen atoms in total. The van der Waals surface area contributed by atoms with Crippen molar-refractivity contribution in [1.29, 1.82) is 0 Å². The van der Waals surface area contributed by atoms with Crippen LogP contribution in [0.4, 0.5) is 0 Å². The number of carbonyl (C=O) groups is 1. The van der Waals surface area contributed by atoms with Gasteiger partial charge < -0.3 is 4.57 Å². The molecule has 152 valence electrons. The lowest BCUT2D eigenvalue weighted by Gasteiger charge is -2.14. The molecule has 0 bridgehead atoms. The predicted molar refractivity (Wildman–Crippen MR) is 120 cm³/mol. The summed E-state index contributed by atoms with van der Waals surface area (Å²) in [5.41, 5.74) is 3.31. The smallest absolute Gasteiger partial charge is 0.262 e. The van der Waals surface area contributed by atoms with Crippen LogP contribution in [0.3, 0.4) is 0 Å². The summed E-state index contributed by atoms with van der Waals surface area (Å²) < 4.78 is 3.78. The first-order valence-corrected chi connectivity index (χ1v) is 10.7. The summed E-state index contributed by atoms with van der Waals surface area (Å²) in [6, 6.07) is 9.29. The quantitative estimate of drug-likeness (QED) is 0.236. The van der Waals surface area contributed by atoms with Crippen molar-refractivity contribution in [2.75, 3.05) is 5.75 Å². The van der Waals surface area contributed by atoms with E-state index in [1.165, 1.54) is 11.8 Å². The zero-order chi connectivity index (χ0) is 21.1. The fourth-order valence-electron chi connectivity index (χ4n) is 3.49. The Morgan fingerprint density at radius 1 is 1.24 bits per heavy atom. The fourth-order valence-corrected chi connectivity index (χ4v) is 4.38. The zero-order valence-electron chi connectivity index (χ0n) is 17.4. The van der Waals surface area contributed by atoms with E-state index in [2.05, 4.69) is 30.0 Å². The maximum atomic E-state index is 13.0. The van der Waals surface area contributed by atoms with Crippen LogP contribution in [0.15, 0.2) is 52.9 Å². The zero-order valence-corrected chi connectivity index (χ0v) is 18.3. The third-order valence-corrected chi connectivity index (χ3v) is 5.87. The molecular formula is C23H27N3O2S. The van der Waals surface area contributed by atoms with Gasteiger partial charge in [0, 0.05) is 30.0 Å². The summed E-state index contributed by atoms with van der Waals surface area (Å²) in [6.45, 7) is 13.1. The first-order valence-electron chi connectivity index (χ1n) is 9.76. The van der Waals surface area contributed by atoms with Crippen LogP contribution in [-0.2, 0) is 13.1 Å². The van der Waals surface area contributed by atoms with Crippen LogP contribution in [0.2, 0.25) is 0 Å². The minimum atomic E-state index is -0.0524. The molecule has 6 heteroatoms. The molecule has 0 saturated heterocycles. The van der Waals surface area contributed by atoms with Crippen molar-refractivity contribution in [2.45, 2.75) is 45.9 Å². The highest BCUT2D eigenvalue weighted by molar-refractivity contribution is 7.99. The van der Waals surface area contributed by atoms with Crippen LogP contribution in [0.25, 0.3) is 10.9 Å². The van der Waals surface area contributed by atoms with E-state index in [9.17, 15) is 9.59 Å². The molecule has 1 aromatic carbocycles. The number of hydrogen-bond donors (Lipinski definition) is 0. The van der Waals surface area contributed by atoms with Gasteiger partial charge in [-0.1, -0.05) is 43.8 Å². The minimum absolute atomic E-state index is 0.0388. The second kappa shape index (κ2) is 8.82. The molecule has 0 fully saturated rings. The number of carbonyl (C=O) groups excluding carboxylic acids is 1. The maximum absolute atomic E-state index is 13.0. The fraction of sp³-hybridized carbons (Fsp3) is 0.348. The van der Waals surface area contributed by atoms with Crippen molar-refractivity contribution in [3.05, 3.63) is 70.3 Å². The van der Waals surface area contributed by atoms with Gasteiger partial charge in [0.2, 0.25) is 0 Å². The highest BCUT2D eigenvalue weighted by Crippen LogP contribution is 2.22. The number of aryl methyl sites for hydroxylation is 1. The van der Waals surface area contributed by atoms with Gasteiger partial charge in [-0.25, -0.2) is 4.98 Å². The van der Waals surface area contributed by atoms with E-state index in [4.69, 9.17) is 0 Å². The van der Waals surface area contributed by atoms with E-state index in [1.807, 2.05) is 44.2 Å². The second-order valence-electron chi connectivity index (χ2n) is 7.62. The number of benzene rings is 1. The van der Waals surface area contributed by atoms with Gasteiger partial charge in [0.15, 0.2) is 10.9 Å². The number of ketones is 1. The number of hydrogen-bond acceptors (Lipinski definition) is 4. The van der Waals surface area contributed by atoms with E-state index < -0.39 is 0 Å². The van der Waals surface area contributed by atoms with Gasteiger partial charge in [0.25, 0.3) is 5.56 Å². The second-order valence-corrected chi connectivity index (χ2v) is 8.56. The van der Waals surface area contributed by atoms with Gasteiger partial charge in [-0.05, 0) is 38.0 Å². The monoisotopic (exact) mass is 409 g/mol. The number of rotatable bonds is 8. The van der Waals surface area contributed by atoms with Gasteiger partial charge in [0.05, 0.1) is 16.7 Å². The topological polar surface area (TPSA) is 56.9 Å². The summed E-state index contributed by atoms with van der Waals surface area (Å²) in [7, 11) is 0. The average Bonchev–Trinajstić information content (AvgIpc) is 2.97. The lowest BCUT2D eigenvalue weighted by atomic mass is 10.2. The number of aromatic nitrogens is 3. The number of thioether (sulfide) groups is 1. The van der Waals surface area contributed by atoms with E-state index in [1.54, 1.807) is 10.6 Å². The molecule has 0 aliphatic heterocycles. The Hall–Kier alpha value is -2.60. The Labute approximate surface area is 175 Å². The number of fused-ring (bicyclic) bond motifs is 1. The van der Waals surface area contributed by atoms with E-state index in [0.717, 1.165) is 17.0 Å². The highest BCUT2D eigenvalue weighted by Gasteiger charge is 2.18. The van der Waals surface area contributed by atoms with E-state index >= 15 is 0 Å². The van der Waals surface area contributed by atoms with E-state index in [0.29, 0.717) is 35.1 Å². The Kier molecular flexibility index (Phi) is 6.42. The maximum Gasteiger partial charge on any atom is 0.262 e. The van der Waals surface area contributed by atoms with E-state index in [-0.39, 0.29) is 17.1 Å². The van der Waals surface area contributed by atoms with Crippen LogP contribution in [-0.4, -0.2) is 25.7 Å². The van der Waals surface area contributed by atoms with Gasteiger partial charge in [-0.2, -0.15) is 0 Å². The molecule has 29 heavy (non-hydrogen) atoms. The Bertz CT molecular complexity index is 1130. The SMILES string of the molecule is C=CCn1c(C)cc(C(=O)CSc2nc3ccccc3c(=O)n2CC(C)C)c1C. The third-order valence-electron chi connectivity index (χ3n) is 4.89. The van der Waals surface area contributed by atoms with Crippen molar-refractivity contribution >= 4 is 28.4 Å². The van der Waals surface area contributed by atoms with Gasteiger partial charge in [-0.15, -0.1) is 6.58 Å². The molecule has 2 aromatic heterocycles. The molecule has 0 saturated carbocycles. The summed E-state index contributed by atoms with van der Waals surface area (Å²) in [4.78, 5) is 30.6. The van der Waals surface area contributed by atoms with Crippen molar-refractivity contribution in [2.24, 2.45) is 5.92 Å². The van der Waals surface area contributed by atoms with Crippen LogP contribution >= 0.6 is 11.8 Å². The van der Waals surface area contributed by atoms with Gasteiger partial charge >= 0.3 is 0 Å².